The summed E-state index contributed by atoms with van der Waals surface area (Å²) in [6.45, 7) is 1.86. The number of nitrogens with zero attached hydrogens (tertiary/aromatic N) is 3. The third-order valence-electron chi connectivity index (χ3n) is 3.35. The van der Waals surface area contributed by atoms with Crippen LogP contribution >= 0.6 is 11.8 Å². The first-order valence-electron chi connectivity index (χ1n) is 6.26. The van der Waals surface area contributed by atoms with E-state index >= 15 is 0 Å². The maximum atomic E-state index is 5.85. The molecule has 2 heterocycles. The smallest absolute Gasteiger partial charge is 0.191 e. The number of fused-ring (bicyclic) bond motifs is 1. The number of aromatic nitrogens is 2. The fraction of sp³-hybridized carbons (Fsp3) is 0.286. The molecule has 0 atom stereocenters. The van der Waals surface area contributed by atoms with E-state index in [1.807, 2.05) is 12.3 Å². The Morgan fingerprint density at radius 2 is 2.00 bits per heavy atom. The third-order valence-corrected chi connectivity index (χ3v) is 3.90. The predicted octanol–water partition coefficient (Wildman–Crippen LogP) is 2.34. The van der Waals surface area contributed by atoms with E-state index in [1.54, 1.807) is 0 Å². The van der Waals surface area contributed by atoms with E-state index in [0.29, 0.717) is 5.82 Å². The van der Waals surface area contributed by atoms with E-state index in [1.165, 1.54) is 22.9 Å². The van der Waals surface area contributed by atoms with E-state index in [-0.39, 0.29) is 0 Å². The number of nitrogen functional groups attached to an aromatic ring is 1. The van der Waals surface area contributed by atoms with Gasteiger partial charge in [-0.25, -0.2) is 9.97 Å². The summed E-state index contributed by atoms with van der Waals surface area (Å²) in [5.41, 5.74) is 8.65. The number of nitrogens with two attached hydrogens (primary N) is 1. The fourth-order valence-corrected chi connectivity index (χ4v) is 2.76. The molecule has 0 saturated carbocycles. The van der Waals surface area contributed by atoms with Crippen LogP contribution in [0.2, 0.25) is 0 Å². The Morgan fingerprint density at radius 3 is 2.79 bits per heavy atom. The maximum absolute atomic E-state index is 5.85. The number of benzene rings is 1. The number of hydrogen-bond donors (Lipinski definition) is 1. The first-order valence-corrected chi connectivity index (χ1v) is 7.49. The van der Waals surface area contributed by atoms with E-state index in [4.69, 9.17) is 5.73 Å². The van der Waals surface area contributed by atoms with Crippen LogP contribution in [-0.2, 0) is 13.0 Å². The van der Waals surface area contributed by atoms with Crippen molar-refractivity contribution >= 4 is 23.4 Å². The zero-order valence-corrected chi connectivity index (χ0v) is 11.7. The van der Waals surface area contributed by atoms with Crippen LogP contribution in [0, 0.1) is 0 Å². The zero-order chi connectivity index (χ0) is 13.2. The van der Waals surface area contributed by atoms with Gasteiger partial charge in [0.25, 0.3) is 0 Å². The van der Waals surface area contributed by atoms with Crippen molar-refractivity contribution in [2.24, 2.45) is 0 Å². The molecule has 0 aliphatic carbocycles. The van der Waals surface area contributed by atoms with Gasteiger partial charge in [0, 0.05) is 19.2 Å². The number of hydrogen-bond acceptors (Lipinski definition) is 5. The lowest BCUT2D eigenvalue weighted by atomic mass is 10.00. The van der Waals surface area contributed by atoms with Crippen LogP contribution in [0.1, 0.15) is 11.1 Å². The van der Waals surface area contributed by atoms with Gasteiger partial charge in [-0.05, 0) is 23.8 Å². The van der Waals surface area contributed by atoms with Crippen molar-refractivity contribution in [3.8, 4) is 0 Å². The summed E-state index contributed by atoms with van der Waals surface area (Å²) in [5.74, 6) is 1.46. The fourth-order valence-electron chi connectivity index (χ4n) is 2.37. The molecule has 1 aliphatic heterocycles. The molecule has 3 rings (SSSR count). The van der Waals surface area contributed by atoms with Gasteiger partial charge in [-0.2, -0.15) is 0 Å². The molecule has 1 aromatic heterocycles. The van der Waals surface area contributed by atoms with Gasteiger partial charge in [0.2, 0.25) is 0 Å². The van der Waals surface area contributed by atoms with Crippen LogP contribution in [0.4, 0.5) is 11.6 Å². The molecule has 0 amide bonds. The summed E-state index contributed by atoms with van der Waals surface area (Å²) in [7, 11) is 0. The van der Waals surface area contributed by atoms with Gasteiger partial charge >= 0.3 is 0 Å². The van der Waals surface area contributed by atoms with Gasteiger partial charge < -0.3 is 10.6 Å². The molecule has 5 heteroatoms. The largest absolute Gasteiger partial charge is 0.383 e. The summed E-state index contributed by atoms with van der Waals surface area (Å²) in [6.07, 6.45) is 3.01. The Labute approximate surface area is 117 Å². The summed E-state index contributed by atoms with van der Waals surface area (Å²) < 4.78 is 0. The summed E-state index contributed by atoms with van der Waals surface area (Å²) in [6, 6.07) is 10.4. The van der Waals surface area contributed by atoms with Crippen molar-refractivity contribution in [3.05, 3.63) is 41.5 Å². The minimum Gasteiger partial charge on any atom is -0.383 e. The van der Waals surface area contributed by atoms with Crippen molar-refractivity contribution in [1.82, 2.24) is 9.97 Å². The van der Waals surface area contributed by atoms with Gasteiger partial charge in [0.1, 0.15) is 11.6 Å². The number of anilines is 2. The molecule has 0 radical (unpaired) electrons. The molecule has 0 unspecified atom stereocenters. The van der Waals surface area contributed by atoms with Crippen molar-refractivity contribution in [2.75, 3.05) is 23.4 Å². The van der Waals surface area contributed by atoms with Crippen LogP contribution in [0.5, 0.6) is 0 Å². The summed E-state index contributed by atoms with van der Waals surface area (Å²) in [4.78, 5) is 11.0. The topological polar surface area (TPSA) is 55.0 Å². The normalized spacial score (nSPS) is 14.3. The molecule has 2 N–H and O–H groups in total. The van der Waals surface area contributed by atoms with Gasteiger partial charge in [0.05, 0.1) is 0 Å². The van der Waals surface area contributed by atoms with Gasteiger partial charge in [0.15, 0.2) is 5.16 Å². The molecule has 0 bridgehead atoms. The van der Waals surface area contributed by atoms with Crippen LogP contribution in [0.3, 0.4) is 0 Å². The molecular formula is C14H16N4S. The molecule has 1 aliphatic rings. The highest BCUT2D eigenvalue weighted by atomic mass is 32.2. The van der Waals surface area contributed by atoms with Crippen LogP contribution in [0.15, 0.2) is 35.5 Å². The first kappa shape index (κ1) is 12.3. The maximum Gasteiger partial charge on any atom is 0.191 e. The standard InChI is InChI=1S/C14H16N4S/c1-19-14-16-12(15)8-13(17-14)18-7-6-10-4-2-3-5-11(10)9-18/h2-5,8H,6-7,9H2,1H3,(H2,15,16,17). The van der Waals surface area contributed by atoms with E-state index < -0.39 is 0 Å². The average Bonchev–Trinajstić information content (AvgIpc) is 2.46. The molecule has 4 nitrogen and oxygen atoms in total. The van der Waals surface area contributed by atoms with E-state index in [9.17, 15) is 0 Å². The number of rotatable bonds is 2. The Balaban J connectivity index is 1.90. The minimum absolute atomic E-state index is 0.535. The molecule has 1 aromatic carbocycles. The highest BCUT2D eigenvalue weighted by Crippen LogP contribution is 2.25. The third kappa shape index (κ3) is 2.51. The lowest BCUT2D eigenvalue weighted by Crippen LogP contribution is -2.31. The zero-order valence-electron chi connectivity index (χ0n) is 10.8. The van der Waals surface area contributed by atoms with Crippen molar-refractivity contribution in [3.63, 3.8) is 0 Å². The summed E-state index contributed by atoms with van der Waals surface area (Å²) >= 11 is 1.52. The minimum atomic E-state index is 0.535. The first-order chi connectivity index (χ1) is 9.26. The van der Waals surface area contributed by atoms with Crippen molar-refractivity contribution < 1.29 is 0 Å². The van der Waals surface area contributed by atoms with Crippen molar-refractivity contribution in [2.45, 2.75) is 18.1 Å². The molecule has 0 saturated heterocycles. The highest BCUT2D eigenvalue weighted by Gasteiger charge is 2.17. The second-order valence-electron chi connectivity index (χ2n) is 4.58. The van der Waals surface area contributed by atoms with Crippen LogP contribution in [0.25, 0.3) is 0 Å². The summed E-state index contributed by atoms with van der Waals surface area (Å²) in [5, 5.41) is 0.730. The van der Waals surface area contributed by atoms with Gasteiger partial charge in [-0.1, -0.05) is 36.0 Å². The Hall–Kier alpha value is -1.75. The van der Waals surface area contributed by atoms with Gasteiger partial charge in [-0.15, -0.1) is 0 Å². The quantitative estimate of drug-likeness (QED) is 0.672. The Kier molecular flexibility index (Phi) is 3.29. The van der Waals surface area contributed by atoms with E-state index in [0.717, 1.165) is 30.5 Å². The highest BCUT2D eigenvalue weighted by molar-refractivity contribution is 7.98. The SMILES string of the molecule is CSc1nc(N)cc(N2CCc3ccccc3C2)n1. The molecular weight excluding hydrogens is 256 g/mol. The molecule has 0 spiro atoms. The molecule has 19 heavy (non-hydrogen) atoms. The molecule has 0 fully saturated rings. The second kappa shape index (κ2) is 5.09. The molecule has 2 aromatic rings. The van der Waals surface area contributed by atoms with Crippen molar-refractivity contribution in [1.29, 1.82) is 0 Å². The van der Waals surface area contributed by atoms with Gasteiger partial charge in [-0.3, -0.25) is 0 Å². The van der Waals surface area contributed by atoms with E-state index in [2.05, 4.69) is 39.1 Å². The van der Waals surface area contributed by atoms with Crippen LogP contribution < -0.4 is 10.6 Å². The Bertz CT molecular complexity index is 600. The lowest BCUT2D eigenvalue weighted by molar-refractivity contribution is 0.712. The number of thioether (sulfide) groups is 1. The average molecular weight is 272 g/mol. The Morgan fingerprint density at radius 1 is 1.21 bits per heavy atom. The second-order valence-corrected chi connectivity index (χ2v) is 5.35. The molecule has 98 valence electrons. The predicted molar refractivity (Wildman–Crippen MR) is 79.4 cm³/mol. The monoisotopic (exact) mass is 272 g/mol. The van der Waals surface area contributed by atoms with Crippen LogP contribution in [-0.4, -0.2) is 22.8 Å². The lowest BCUT2D eigenvalue weighted by Gasteiger charge is -2.29.